The van der Waals surface area contributed by atoms with Crippen molar-refractivity contribution in [3.05, 3.63) is 40.4 Å². The van der Waals surface area contributed by atoms with E-state index < -0.39 is 0 Å². The third kappa shape index (κ3) is 3.00. The number of anilines is 2. The van der Waals surface area contributed by atoms with E-state index in [9.17, 15) is 0 Å². The van der Waals surface area contributed by atoms with E-state index in [0.29, 0.717) is 11.1 Å². The zero-order chi connectivity index (χ0) is 16.5. The molecule has 0 unspecified atom stereocenters. The number of aromatic amines is 1. The lowest BCUT2D eigenvalue weighted by molar-refractivity contribution is 0.318. The predicted molar refractivity (Wildman–Crippen MR) is 99.9 cm³/mol. The second-order valence-electron chi connectivity index (χ2n) is 5.99. The summed E-state index contributed by atoms with van der Waals surface area (Å²) in [7, 11) is 0. The molecule has 0 spiro atoms. The standard InChI is InChI=1S/C17H20N6S/c18-16-20-13-5-1-3-11(15(13)22-16)4-2-8-23-9-6-12-14(7-10-23)24-17(19)21-12/h1-5H,6-10H2,(H2,19,21)(H3,18,20,22). The molecule has 1 aromatic carbocycles. The maximum Gasteiger partial charge on any atom is 0.198 e. The summed E-state index contributed by atoms with van der Waals surface area (Å²) in [6.45, 7) is 2.97. The third-order valence-electron chi connectivity index (χ3n) is 4.34. The Hall–Kier alpha value is -2.38. The molecule has 0 bridgehead atoms. The van der Waals surface area contributed by atoms with Crippen molar-refractivity contribution in [3.8, 4) is 0 Å². The van der Waals surface area contributed by atoms with Crippen molar-refractivity contribution in [1.29, 1.82) is 0 Å². The number of nitrogens with two attached hydrogens (primary N) is 2. The summed E-state index contributed by atoms with van der Waals surface area (Å²) in [6.07, 6.45) is 6.33. The van der Waals surface area contributed by atoms with E-state index in [0.717, 1.165) is 49.1 Å². The average molecular weight is 340 g/mol. The zero-order valence-electron chi connectivity index (χ0n) is 13.3. The van der Waals surface area contributed by atoms with Gasteiger partial charge in [-0.2, -0.15) is 0 Å². The fourth-order valence-corrected chi connectivity index (χ4v) is 4.02. The molecule has 0 atom stereocenters. The Bertz CT molecular complexity index is 868. The van der Waals surface area contributed by atoms with Crippen LogP contribution in [0.4, 0.5) is 11.1 Å². The molecule has 2 aromatic heterocycles. The molecule has 0 saturated heterocycles. The molecular weight excluding hydrogens is 320 g/mol. The number of aromatic nitrogens is 3. The first-order valence-corrected chi connectivity index (χ1v) is 8.88. The molecule has 1 aliphatic heterocycles. The molecule has 3 aromatic rings. The van der Waals surface area contributed by atoms with Crippen molar-refractivity contribution in [2.45, 2.75) is 12.8 Å². The number of nitrogen functional groups attached to an aromatic ring is 2. The highest BCUT2D eigenvalue weighted by Gasteiger charge is 2.16. The first-order valence-electron chi connectivity index (χ1n) is 8.06. The minimum Gasteiger partial charge on any atom is -0.375 e. The summed E-state index contributed by atoms with van der Waals surface area (Å²) < 4.78 is 0. The molecule has 5 N–H and O–H groups in total. The number of hydrogen-bond acceptors (Lipinski definition) is 6. The Labute approximate surface area is 144 Å². The summed E-state index contributed by atoms with van der Waals surface area (Å²) in [5.74, 6) is 0.455. The van der Waals surface area contributed by atoms with Crippen LogP contribution in [0.2, 0.25) is 0 Å². The van der Waals surface area contributed by atoms with Crippen molar-refractivity contribution >= 4 is 39.5 Å². The van der Waals surface area contributed by atoms with Gasteiger partial charge in [0.25, 0.3) is 0 Å². The number of fused-ring (bicyclic) bond motifs is 2. The van der Waals surface area contributed by atoms with Crippen molar-refractivity contribution in [3.63, 3.8) is 0 Å². The number of para-hydroxylation sites is 1. The van der Waals surface area contributed by atoms with Crippen molar-refractivity contribution in [2.24, 2.45) is 0 Å². The Morgan fingerprint density at radius 2 is 2.08 bits per heavy atom. The fraction of sp³-hybridized carbons (Fsp3) is 0.294. The smallest absolute Gasteiger partial charge is 0.198 e. The molecule has 0 saturated carbocycles. The number of imidazole rings is 1. The van der Waals surface area contributed by atoms with E-state index in [4.69, 9.17) is 11.5 Å². The predicted octanol–water partition coefficient (Wildman–Crippen LogP) is 2.30. The summed E-state index contributed by atoms with van der Waals surface area (Å²) >= 11 is 1.63. The second kappa shape index (κ2) is 6.26. The van der Waals surface area contributed by atoms with E-state index in [1.165, 1.54) is 10.6 Å². The number of nitrogens with zero attached hydrogens (tertiary/aromatic N) is 3. The summed E-state index contributed by atoms with van der Waals surface area (Å²) in [4.78, 5) is 15.7. The quantitative estimate of drug-likeness (QED) is 0.680. The van der Waals surface area contributed by atoms with Crippen molar-refractivity contribution < 1.29 is 0 Å². The Balaban J connectivity index is 1.43. The Kier molecular flexibility index (Phi) is 3.95. The third-order valence-corrected chi connectivity index (χ3v) is 5.32. The van der Waals surface area contributed by atoms with Gasteiger partial charge in [0.1, 0.15) is 0 Å². The van der Waals surface area contributed by atoms with Gasteiger partial charge < -0.3 is 16.5 Å². The number of benzene rings is 1. The lowest BCUT2D eigenvalue weighted by atomic mass is 10.1. The maximum absolute atomic E-state index is 5.80. The molecule has 0 amide bonds. The van der Waals surface area contributed by atoms with Crippen LogP contribution in [0.5, 0.6) is 0 Å². The fourth-order valence-electron chi connectivity index (χ4n) is 3.15. The van der Waals surface area contributed by atoms with Gasteiger partial charge >= 0.3 is 0 Å². The van der Waals surface area contributed by atoms with E-state index >= 15 is 0 Å². The minimum absolute atomic E-state index is 0.455. The van der Waals surface area contributed by atoms with Gasteiger partial charge in [-0.1, -0.05) is 24.3 Å². The van der Waals surface area contributed by atoms with Crippen LogP contribution < -0.4 is 11.5 Å². The van der Waals surface area contributed by atoms with Gasteiger partial charge in [0.05, 0.1) is 16.7 Å². The van der Waals surface area contributed by atoms with Gasteiger partial charge in [0, 0.05) is 36.5 Å². The van der Waals surface area contributed by atoms with Crippen LogP contribution in [-0.2, 0) is 12.8 Å². The summed E-state index contributed by atoms with van der Waals surface area (Å²) in [6, 6.07) is 6.06. The molecule has 6 nitrogen and oxygen atoms in total. The first-order chi connectivity index (χ1) is 11.7. The van der Waals surface area contributed by atoms with Crippen LogP contribution in [0.25, 0.3) is 17.1 Å². The minimum atomic E-state index is 0.455. The maximum atomic E-state index is 5.80. The zero-order valence-corrected chi connectivity index (χ0v) is 14.1. The number of nitrogens with one attached hydrogen (secondary N) is 1. The molecule has 0 aliphatic carbocycles. The lowest BCUT2D eigenvalue weighted by Gasteiger charge is -2.17. The Morgan fingerprint density at radius 1 is 1.21 bits per heavy atom. The van der Waals surface area contributed by atoms with Crippen LogP contribution >= 0.6 is 11.3 Å². The first kappa shape index (κ1) is 15.2. The Morgan fingerprint density at radius 3 is 3.00 bits per heavy atom. The van der Waals surface area contributed by atoms with Crippen molar-refractivity contribution in [2.75, 3.05) is 31.1 Å². The van der Waals surface area contributed by atoms with Gasteiger partial charge in [0.2, 0.25) is 0 Å². The molecule has 24 heavy (non-hydrogen) atoms. The molecule has 124 valence electrons. The molecule has 0 radical (unpaired) electrons. The molecule has 4 rings (SSSR count). The lowest BCUT2D eigenvalue weighted by Crippen LogP contribution is -2.26. The highest BCUT2D eigenvalue weighted by atomic mass is 32.1. The van der Waals surface area contributed by atoms with Crippen LogP contribution in [0, 0.1) is 0 Å². The summed E-state index contributed by atoms with van der Waals surface area (Å²) in [5.41, 5.74) is 15.7. The van der Waals surface area contributed by atoms with Gasteiger partial charge in [0.15, 0.2) is 11.1 Å². The number of H-pyrrole nitrogens is 1. The van der Waals surface area contributed by atoms with Crippen LogP contribution in [-0.4, -0.2) is 39.5 Å². The monoisotopic (exact) mass is 340 g/mol. The molecule has 0 fully saturated rings. The van der Waals surface area contributed by atoms with Crippen LogP contribution in [0.3, 0.4) is 0 Å². The highest BCUT2D eigenvalue weighted by Crippen LogP contribution is 2.24. The van der Waals surface area contributed by atoms with E-state index in [1.54, 1.807) is 11.3 Å². The van der Waals surface area contributed by atoms with Crippen LogP contribution in [0.1, 0.15) is 16.1 Å². The van der Waals surface area contributed by atoms with Crippen LogP contribution in [0.15, 0.2) is 24.3 Å². The van der Waals surface area contributed by atoms with E-state index in [1.807, 2.05) is 12.1 Å². The van der Waals surface area contributed by atoms with E-state index in [-0.39, 0.29) is 0 Å². The average Bonchev–Trinajstić information content (AvgIpc) is 3.06. The van der Waals surface area contributed by atoms with Gasteiger partial charge in [-0.05, 0) is 12.5 Å². The number of thiazole rings is 1. The normalized spacial score (nSPS) is 15.8. The molecule has 3 heterocycles. The highest BCUT2D eigenvalue weighted by molar-refractivity contribution is 7.15. The number of hydrogen-bond donors (Lipinski definition) is 3. The van der Waals surface area contributed by atoms with Gasteiger partial charge in [-0.15, -0.1) is 11.3 Å². The molecule has 1 aliphatic rings. The largest absolute Gasteiger partial charge is 0.375 e. The second-order valence-corrected chi connectivity index (χ2v) is 7.11. The molecular formula is C17H20N6S. The molecule has 7 heteroatoms. The van der Waals surface area contributed by atoms with Gasteiger partial charge in [-0.25, -0.2) is 9.97 Å². The van der Waals surface area contributed by atoms with E-state index in [2.05, 4.69) is 38.1 Å². The SMILES string of the molecule is Nc1nc2c(C=CCN3CCc4nc(N)sc4CC3)cccc2[nH]1. The topological polar surface area (TPSA) is 96.8 Å². The summed E-state index contributed by atoms with van der Waals surface area (Å²) in [5, 5.41) is 0.694. The number of rotatable bonds is 3. The van der Waals surface area contributed by atoms with Crippen molar-refractivity contribution in [1.82, 2.24) is 19.9 Å². The van der Waals surface area contributed by atoms with Gasteiger partial charge in [-0.3, -0.25) is 4.90 Å².